The number of nitrogens with zero attached hydrogens (tertiary/aromatic N) is 2. The normalized spacial score (nSPS) is 15.9. The predicted octanol–water partition coefficient (Wildman–Crippen LogP) is 0.817. The van der Waals surface area contributed by atoms with Crippen LogP contribution >= 0.6 is 11.6 Å². The summed E-state index contributed by atoms with van der Waals surface area (Å²) in [7, 11) is 0. The van der Waals surface area contributed by atoms with Crippen LogP contribution < -0.4 is 5.73 Å². The van der Waals surface area contributed by atoms with Gasteiger partial charge in [0.2, 0.25) is 5.91 Å². The molecule has 7 nitrogen and oxygen atoms in total. The molecule has 1 saturated heterocycles. The minimum Gasteiger partial charge on any atom is -0.480 e. The van der Waals surface area contributed by atoms with Gasteiger partial charge in [0.15, 0.2) is 0 Å². The highest BCUT2D eigenvalue weighted by Crippen LogP contribution is 2.18. The third-order valence-corrected chi connectivity index (χ3v) is 4.34. The Bertz CT molecular complexity index is 630. The molecule has 1 fully saturated rings. The standard InChI is InChI=1S/C16H20ClN3O4/c17-12-4-2-1-3-11(12)15(22)20-9-7-19(8-10-20)14(21)6-5-13(18)16(23)24/h1-4,13H,5-10,18H2,(H,23,24)/t13-/m0/s1. The van der Waals surface area contributed by atoms with Crippen LogP contribution in [0.1, 0.15) is 23.2 Å². The number of halogens is 1. The number of nitrogens with two attached hydrogens (primary N) is 1. The molecule has 3 N–H and O–H groups in total. The van der Waals surface area contributed by atoms with Crippen LogP contribution in [0.25, 0.3) is 0 Å². The number of hydrogen-bond acceptors (Lipinski definition) is 4. The van der Waals surface area contributed by atoms with Gasteiger partial charge in [0.1, 0.15) is 6.04 Å². The van der Waals surface area contributed by atoms with Gasteiger partial charge in [0.05, 0.1) is 10.6 Å². The van der Waals surface area contributed by atoms with Crippen molar-refractivity contribution in [1.29, 1.82) is 0 Å². The lowest BCUT2D eigenvalue weighted by Gasteiger charge is -2.35. The zero-order valence-corrected chi connectivity index (χ0v) is 13.9. The summed E-state index contributed by atoms with van der Waals surface area (Å²) < 4.78 is 0. The molecule has 1 aliphatic heterocycles. The van der Waals surface area contributed by atoms with Crippen LogP contribution in [0.5, 0.6) is 0 Å². The molecule has 1 heterocycles. The van der Waals surface area contributed by atoms with Gasteiger partial charge in [-0.1, -0.05) is 23.7 Å². The van der Waals surface area contributed by atoms with Crippen molar-refractivity contribution >= 4 is 29.4 Å². The largest absolute Gasteiger partial charge is 0.480 e. The summed E-state index contributed by atoms with van der Waals surface area (Å²) in [4.78, 5) is 38.5. The highest BCUT2D eigenvalue weighted by molar-refractivity contribution is 6.33. The minimum absolute atomic E-state index is 0.0892. The number of amides is 2. The number of carbonyl (C=O) groups excluding carboxylic acids is 2. The molecule has 130 valence electrons. The predicted molar refractivity (Wildman–Crippen MR) is 88.8 cm³/mol. The van der Waals surface area contributed by atoms with E-state index in [9.17, 15) is 14.4 Å². The summed E-state index contributed by atoms with van der Waals surface area (Å²) in [5.41, 5.74) is 5.85. The Balaban J connectivity index is 1.85. The maximum atomic E-state index is 12.4. The van der Waals surface area contributed by atoms with Gasteiger partial charge < -0.3 is 20.6 Å². The van der Waals surface area contributed by atoms with Crippen LogP contribution in [0.15, 0.2) is 24.3 Å². The molecule has 0 unspecified atom stereocenters. The van der Waals surface area contributed by atoms with Crippen LogP contribution in [0.3, 0.4) is 0 Å². The van der Waals surface area contributed by atoms with E-state index < -0.39 is 12.0 Å². The number of rotatable bonds is 5. The average molecular weight is 354 g/mol. The molecule has 0 aliphatic carbocycles. The third-order valence-electron chi connectivity index (χ3n) is 4.01. The molecule has 1 aromatic carbocycles. The number of hydrogen-bond donors (Lipinski definition) is 2. The quantitative estimate of drug-likeness (QED) is 0.815. The highest BCUT2D eigenvalue weighted by Gasteiger charge is 2.26. The summed E-state index contributed by atoms with van der Waals surface area (Å²) in [6.45, 7) is 1.66. The molecule has 2 rings (SSSR count). The van der Waals surface area contributed by atoms with E-state index >= 15 is 0 Å². The van der Waals surface area contributed by atoms with Gasteiger partial charge in [0.25, 0.3) is 5.91 Å². The Labute approximate surface area is 145 Å². The fraction of sp³-hybridized carbons (Fsp3) is 0.438. The van der Waals surface area contributed by atoms with Crippen LogP contribution in [-0.2, 0) is 9.59 Å². The monoisotopic (exact) mass is 353 g/mol. The number of carboxylic acids is 1. The van der Waals surface area contributed by atoms with Crippen molar-refractivity contribution in [2.75, 3.05) is 26.2 Å². The first-order chi connectivity index (χ1) is 11.4. The van der Waals surface area contributed by atoms with Gasteiger partial charge >= 0.3 is 5.97 Å². The summed E-state index contributed by atoms with van der Waals surface area (Å²) in [5.74, 6) is -1.41. The van der Waals surface area contributed by atoms with Crippen LogP contribution in [0.2, 0.25) is 5.02 Å². The van der Waals surface area contributed by atoms with Crippen molar-refractivity contribution in [3.8, 4) is 0 Å². The molecule has 0 aromatic heterocycles. The summed E-state index contributed by atoms with van der Waals surface area (Å²) in [6, 6.07) is 5.83. The molecule has 0 spiro atoms. The second-order valence-corrected chi connectivity index (χ2v) is 6.04. The van der Waals surface area contributed by atoms with E-state index in [0.717, 1.165) is 0 Å². The van der Waals surface area contributed by atoms with Crippen LogP contribution in [0, 0.1) is 0 Å². The SMILES string of the molecule is N[C@@H](CCC(=O)N1CCN(C(=O)c2ccccc2Cl)CC1)C(=O)O. The van der Waals surface area contributed by atoms with Crippen molar-refractivity contribution in [3.05, 3.63) is 34.9 Å². The Morgan fingerprint density at radius 3 is 2.29 bits per heavy atom. The van der Waals surface area contributed by atoms with Crippen LogP contribution in [-0.4, -0.2) is 64.9 Å². The molecule has 1 atom stereocenters. The molecule has 1 aliphatic rings. The summed E-state index contributed by atoms with van der Waals surface area (Å²) in [5, 5.41) is 9.13. The molecule has 0 radical (unpaired) electrons. The van der Waals surface area contributed by atoms with Crippen molar-refractivity contribution < 1.29 is 19.5 Å². The Kier molecular flexibility index (Phi) is 6.16. The maximum Gasteiger partial charge on any atom is 0.320 e. The van der Waals surface area contributed by atoms with E-state index in [1.54, 1.807) is 34.1 Å². The lowest BCUT2D eigenvalue weighted by molar-refractivity contribution is -0.139. The number of aliphatic carboxylic acids is 1. The second kappa shape index (κ2) is 8.12. The zero-order chi connectivity index (χ0) is 17.7. The van der Waals surface area contributed by atoms with E-state index in [2.05, 4.69) is 0 Å². The number of carbonyl (C=O) groups is 3. The lowest BCUT2D eigenvalue weighted by atomic mass is 10.1. The van der Waals surface area contributed by atoms with E-state index in [-0.39, 0.29) is 24.7 Å². The van der Waals surface area contributed by atoms with Gasteiger partial charge in [-0.05, 0) is 18.6 Å². The van der Waals surface area contributed by atoms with E-state index in [1.807, 2.05) is 0 Å². The molecule has 0 bridgehead atoms. The van der Waals surface area contributed by atoms with Gasteiger partial charge in [-0.25, -0.2) is 0 Å². The fourth-order valence-corrected chi connectivity index (χ4v) is 2.74. The lowest BCUT2D eigenvalue weighted by Crippen LogP contribution is -2.50. The van der Waals surface area contributed by atoms with Crippen molar-refractivity contribution in [2.24, 2.45) is 5.73 Å². The topological polar surface area (TPSA) is 104 Å². The minimum atomic E-state index is -1.11. The molecule has 24 heavy (non-hydrogen) atoms. The van der Waals surface area contributed by atoms with Gasteiger partial charge in [0, 0.05) is 32.6 Å². The summed E-state index contributed by atoms with van der Waals surface area (Å²) in [6.07, 6.45) is 0.193. The van der Waals surface area contributed by atoms with Crippen molar-refractivity contribution in [2.45, 2.75) is 18.9 Å². The fourth-order valence-electron chi connectivity index (χ4n) is 2.52. The third kappa shape index (κ3) is 4.46. The first kappa shape index (κ1) is 18.2. The molecule has 2 amide bonds. The van der Waals surface area contributed by atoms with Gasteiger partial charge in [-0.2, -0.15) is 0 Å². The number of piperazine rings is 1. The second-order valence-electron chi connectivity index (χ2n) is 5.64. The van der Waals surface area contributed by atoms with E-state index in [4.69, 9.17) is 22.4 Å². The van der Waals surface area contributed by atoms with Gasteiger partial charge in [-0.15, -0.1) is 0 Å². The zero-order valence-electron chi connectivity index (χ0n) is 13.2. The van der Waals surface area contributed by atoms with Crippen molar-refractivity contribution in [3.63, 3.8) is 0 Å². The molecular formula is C16H20ClN3O4. The molecule has 0 saturated carbocycles. The van der Waals surface area contributed by atoms with Gasteiger partial charge in [-0.3, -0.25) is 14.4 Å². The van der Waals surface area contributed by atoms with E-state index in [0.29, 0.717) is 36.8 Å². The molecule has 1 aromatic rings. The first-order valence-electron chi connectivity index (χ1n) is 7.70. The Morgan fingerprint density at radius 2 is 1.71 bits per heavy atom. The highest BCUT2D eigenvalue weighted by atomic mass is 35.5. The number of carboxylic acid groups (broad SMARTS) is 1. The smallest absolute Gasteiger partial charge is 0.320 e. The van der Waals surface area contributed by atoms with Crippen molar-refractivity contribution in [1.82, 2.24) is 9.80 Å². The summed E-state index contributed by atoms with van der Waals surface area (Å²) >= 11 is 6.04. The molecular weight excluding hydrogens is 334 g/mol. The number of benzene rings is 1. The Hall–Kier alpha value is -2.12. The molecule has 8 heteroatoms. The van der Waals surface area contributed by atoms with Crippen LogP contribution in [0.4, 0.5) is 0 Å². The Morgan fingerprint density at radius 1 is 1.12 bits per heavy atom. The first-order valence-corrected chi connectivity index (χ1v) is 8.08. The average Bonchev–Trinajstić information content (AvgIpc) is 2.59. The van der Waals surface area contributed by atoms with E-state index in [1.165, 1.54) is 0 Å². The maximum absolute atomic E-state index is 12.4.